The van der Waals surface area contributed by atoms with Gasteiger partial charge in [0, 0.05) is 29.7 Å². The van der Waals surface area contributed by atoms with Crippen LogP contribution < -0.4 is 4.72 Å². The molecule has 0 saturated carbocycles. The van der Waals surface area contributed by atoms with Crippen LogP contribution in [-0.2, 0) is 17.1 Å². The number of rotatable bonds is 3. The Morgan fingerprint density at radius 1 is 1.16 bits per heavy atom. The van der Waals surface area contributed by atoms with Gasteiger partial charge < -0.3 is 4.57 Å². The first-order valence-electron chi connectivity index (χ1n) is 7.53. The number of carbonyl (C=O) groups excluding carboxylic acids is 1. The molecule has 0 aliphatic carbocycles. The molecule has 0 spiro atoms. The van der Waals surface area contributed by atoms with Crippen LogP contribution in [0.4, 0.5) is 4.39 Å². The van der Waals surface area contributed by atoms with Gasteiger partial charge in [0.1, 0.15) is 5.82 Å². The number of benzene rings is 2. The van der Waals surface area contributed by atoms with Crippen LogP contribution in [0, 0.1) is 12.7 Å². The quantitative estimate of drug-likeness (QED) is 0.781. The standard InChI is InChI=1S/C18H17FN2O3S/c1-11-4-6-12(7-5-11)15-10-21(2)17-9-14(16(19)8-13(15)17)18(22)20-25(3,23)24/h4-10H,1-3H3,(H,20,22). The summed E-state index contributed by atoms with van der Waals surface area (Å²) in [5.41, 5.74) is 3.22. The molecule has 0 fully saturated rings. The number of amides is 1. The third-order valence-electron chi connectivity index (χ3n) is 3.96. The van der Waals surface area contributed by atoms with Crippen LogP contribution in [0.2, 0.25) is 0 Å². The molecule has 1 amide bonds. The van der Waals surface area contributed by atoms with Gasteiger partial charge in [-0.3, -0.25) is 4.79 Å². The van der Waals surface area contributed by atoms with Gasteiger partial charge in [-0.2, -0.15) is 0 Å². The molecule has 0 saturated heterocycles. The number of fused-ring (bicyclic) bond motifs is 1. The Hall–Kier alpha value is -2.67. The van der Waals surface area contributed by atoms with Gasteiger partial charge in [-0.05, 0) is 24.6 Å². The van der Waals surface area contributed by atoms with E-state index in [4.69, 9.17) is 0 Å². The van der Waals surface area contributed by atoms with Crippen molar-refractivity contribution >= 4 is 26.8 Å². The monoisotopic (exact) mass is 360 g/mol. The molecule has 0 unspecified atom stereocenters. The molecule has 25 heavy (non-hydrogen) atoms. The minimum atomic E-state index is -3.77. The van der Waals surface area contributed by atoms with Crippen LogP contribution in [0.3, 0.4) is 0 Å². The highest BCUT2D eigenvalue weighted by atomic mass is 32.2. The Labute approximate surface area is 145 Å². The van der Waals surface area contributed by atoms with E-state index < -0.39 is 21.7 Å². The van der Waals surface area contributed by atoms with Crippen molar-refractivity contribution in [3.8, 4) is 11.1 Å². The first-order chi connectivity index (χ1) is 11.7. The van der Waals surface area contributed by atoms with Crippen molar-refractivity contribution in [2.24, 2.45) is 7.05 Å². The van der Waals surface area contributed by atoms with E-state index in [9.17, 15) is 17.6 Å². The topological polar surface area (TPSA) is 68.2 Å². The Balaban J connectivity index is 2.15. The van der Waals surface area contributed by atoms with Crippen LogP contribution >= 0.6 is 0 Å². The molecule has 1 aromatic heterocycles. The van der Waals surface area contributed by atoms with Gasteiger partial charge in [-0.1, -0.05) is 29.8 Å². The van der Waals surface area contributed by atoms with Crippen LogP contribution in [-0.4, -0.2) is 25.1 Å². The smallest absolute Gasteiger partial charge is 0.267 e. The van der Waals surface area contributed by atoms with E-state index in [0.29, 0.717) is 10.9 Å². The number of hydrogen-bond acceptors (Lipinski definition) is 3. The van der Waals surface area contributed by atoms with Gasteiger partial charge in [0.25, 0.3) is 5.91 Å². The summed E-state index contributed by atoms with van der Waals surface area (Å²) in [5, 5.41) is 0.653. The molecule has 0 aliphatic rings. The summed E-state index contributed by atoms with van der Waals surface area (Å²) in [6, 6.07) is 10.5. The van der Waals surface area contributed by atoms with Crippen molar-refractivity contribution < 1.29 is 17.6 Å². The van der Waals surface area contributed by atoms with Crippen LogP contribution in [0.5, 0.6) is 0 Å². The summed E-state index contributed by atoms with van der Waals surface area (Å²) < 4.78 is 40.4. The lowest BCUT2D eigenvalue weighted by atomic mass is 10.0. The van der Waals surface area contributed by atoms with Crippen molar-refractivity contribution in [3.63, 3.8) is 0 Å². The fourth-order valence-electron chi connectivity index (χ4n) is 2.76. The Bertz CT molecular complexity index is 1080. The maximum absolute atomic E-state index is 14.4. The summed E-state index contributed by atoms with van der Waals surface area (Å²) in [4.78, 5) is 12.0. The van der Waals surface area contributed by atoms with E-state index in [1.807, 2.05) is 37.4 Å². The molecule has 3 rings (SSSR count). The lowest BCUT2D eigenvalue weighted by Gasteiger charge is -2.06. The number of aryl methyl sites for hydroxylation is 2. The number of halogens is 1. The maximum atomic E-state index is 14.4. The number of aromatic nitrogens is 1. The van der Waals surface area contributed by atoms with Gasteiger partial charge >= 0.3 is 0 Å². The van der Waals surface area contributed by atoms with Crippen LogP contribution in [0.15, 0.2) is 42.6 Å². The molecular weight excluding hydrogens is 343 g/mol. The zero-order chi connectivity index (χ0) is 18.4. The number of sulfonamides is 1. The largest absolute Gasteiger partial charge is 0.350 e. The van der Waals surface area contributed by atoms with E-state index in [1.54, 1.807) is 16.3 Å². The van der Waals surface area contributed by atoms with Crippen molar-refractivity contribution in [2.75, 3.05) is 6.26 Å². The number of hydrogen-bond donors (Lipinski definition) is 1. The molecule has 3 aromatic rings. The SMILES string of the molecule is Cc1ccc(-c2cn(C)c3cc(C(=O)NS(C)(=O)=O)c(F)cc23)cc1. The van der Waals surface area contributed by atoms with E-state index >= 15 is 0 Å². The summed E-state index contributed by atoms with van der Waals surface area (Å²) in [6.45, 7) is 1.99. The highest BCUT2D eigenvalue weighted by molar-refractivity contribution is 7.89. The van der Waals surface area contributed by atoms with Gasteiger partial charge in [-0.25, -0.2) is 17.5 Å². The van der Waals surface area contributed by atoms with Gasteiger partial charge in [0.05, 0.1) is 11.8 Å². The Morgan fingerprint density at radius 3 is 2.40 bits per heavy atom. The first kappa shape index (κ1) is 17.2. The van der Waals surface area contributed by atoms with Crippen molar-refractivity contribution in [2.45, 2.75) is 6.92 Å². The summed E-state index contributed by atoms with van der Waals surface area (Å²) >= 11 is 0. The molecule has 1 heterocycles. The average molecular weight is 360 g/mol. The second-order valence-corrected chi connectivity index (χ2v) is 7.82. The zero-order valence-corrected chi connectivity index (χ0v) is 14.8. The minimum Gasteiger partial charge on any atom is -0.350 e. The van der Waals surface area contributed by atoms with E-state index in [-0.39, 0.29) is 5.56 Å². The predicted molar refractivity (Wildman–Crippen MR) is 95.4 cm³/mol. The predicted octanol–water partition coefficient (Wildman–Crippen LogP) is 2.98. The van der Waals surface area contributed by atoms with Gasteiger partial charge in [0.2, 0.25) is 10.0 Å². The number of nitrogens with zero attached hydrogens (tertiary/aromatic N) is 1. The maximum Gasteiger partial charge on any atom is 0.267 e. The molecule has 0 bridgehead atoms. The van der Waals surface area contributed by atoms with Crippen LogP contribution in [0.1, 0.15) is 15.9 Å². The number of nitrogens with one attached hydrogen (secondary N) is 1. The third kappa shape index (κ3) is 3.41. The fourth-order valence-corrected chi connectivity index (χ4v) is 3.21. The third-order valence-corrected chi connectivity index (χ3v) is 4.52. The second-order valence-electron chi connectivity index (χ2n) is 6.07. The summed E-state index contributed by atoms with van der Waals surface area (Å²) in [6.07, 6.45) is 2.70. The van der Waals surface area contributed by atoms with E-state index in [0.717, 1.165) is 22.9 Å². The Kier molecular flexibility index (Phi) is 4.12. The molecule has 7 heteroatoms. The van der Waals surface area contributed by atoms with Gasteiger partial charge in [-0.15, -0.1) is 0 Å². The Morgan fingerprint density at radius 2 is 1.80 bits per heavy atom. The average Bonchev–Trinajstić information content (AvgIpc) is 2.82. The van der Waals surface area contributed by atoms with E-state index in [2.05, 4.69) is 0 Å². The highest BCUT2D eigenvalue weighted by Gasteiger charge is 2.19. The zero-order valence-electron chi connectivity index (χ0n) is 14.0. The molecule has 130 valence electrons. The number of carbonyl (C=O) groups is 1. The molecule has 0 radical (unpaired) electrons. The summed E-state index contributed by atoms with van der Waals surface area (Å²) in [7, 11) is -1.98. The normalized spacial score (nSPS) is 11.7. The fraction of sp³-hybridized carbons (Fsp3) is 0.167. The molecular formula is C18H17FN2O3S. The molecule has 5 nitrogen and oxygen atoms in total. The lowest BCUT2D eigenvalue weighted by molar-refractivity contribution is 0.0978. The first-order valence-corrected chi connectivity index (χ1v) is 9.42. The van der Waals surface area contributed by atoms with Gasteiger partial charge in [0.15, 0.2) is 0 Å². The highest BCUT2D eigenvalue weighted by Crippen LogP contribution is 2.32. The summed E-state index contributed by atoms with van der Waals surface area (Å²) in [5.74, 6) is -1.76. The van der Waals surface area contributed by atoms with Crippen molar-refractivity contribution in [1.29, 1.82) is 0 Å². The molecule has 1 N–H and O–H groups in total. The van der Waals surface area contributed by atoms with Crippen LogP contribution in [0.25, 0.3) is 22.0 Å². The van der Waals surface area contributed by atoms with Crippen molar-refractivity contribution in [3.05, 3.63) is 59.5 Å². The minimum absolute atomic E-state index is 0.311. The molecule has 0 aliphatic heterocycles. The lowest BCUT2D eigenvalue weighted by Crippen LogP contribution is -2.30. The molecule has 0 atom stereocenters. The molecule has 2 aromatic carbocycles. The van der Waals surface area contributed by atoms with Crippen molar-refractivity contribution in [1.82, 2.24) is 9.29 Å². The van der Waals surface area contributed by atoms with E-state index in [1.165, 1.54) is 12.1 Å². The second kappa shape index (κ2) is 6.00.